The van der Waals surface area contributed by atoms with Crippen molar-refractivity contribution in [1.82, 2.24) is 0 Å². The van der Waals surface area contributed by atoms with Crippen LogP contribution in [0.25, 0.3) is 0 Å². The van der Waals surface area contributed by atoms with Gasteiger partial charge in [0.05, 0.1) is 13.7 Å². The lowest BCUT2D eigenvalue weighted by Crippen LogP contribution is -2.21. The first-order chi connectivity index (χ1) is 12.7. The molecule has 0 bridgehead atoms. The van der Waals surface area contributed by atoms with E-state index in [0.717, 1.165) is 17.2 Å². The standard InChI is InChI=1S/C21H20N2O3/c1-25-20-9-5-6-17(14-20)22-15-21(24)23-16-10-12-19(13-11-16)26-18-7-3-2-4-8-18/h2-14,22H,15H2,1H3,(H,23,24). The van der Waals surface area contributed by atoms with Crippen molar-refractivity contribution in [2.75, 3.05) is 24.3 Å². The van der Waals surface area contributed by atoms with Gasteiger partial charge in [-0.1, -0.05) is 24.3 Å². The number of nitrogens with one attached hydrogen (secondary N) is 2. The third-order valence-corrected chi connectivity index (χ3v) is 3.64. The monoisotopic (exact) mass is 348 g/mol. The van der Waals surface area contributed by atoms with Crippen molar-refractivity contribution in [2.24, 2.45) is 0 Å². The molecule has 1 amide bonds. The van der Waals surface area contributed by atoms with Crippen molar-refractivity contribution in [1.29, 1.82) is 0 Å². The lowest BCUT2D eigenvalue weighted by atomic mass is 10.3. The van der Waals surface area contributed by atoms with E-state index in [2.05, 4.69) is 10.6 Å². The fourth-order valence-corrected chi connectivity index (χ4v) is 2.35. The highest BCUT2D eigenvalue weighted by Gasteiger charge is 2.04. The van der Waals surface area contributed by atoms with Gasteiger partial charge < -0.3 is 20.1 Å². The zero-order chi connectivity index (χ0) is 18.2. The Hall–Kier alpha value is -3.47. The molecule has 0 aromatic heterocycles. The van der Waals surface area contributed by atoms with Crippen LogP contribution in [0.1, 0.15) is 0 Å². The van der Waals surface area contributed by atoms with Crippen molar-refractivity contribution in [3.05, 3.63) is 78.9 Å². The van der Waals surface area contributed by atoms with Gasteiger partial charge in [-0.2, -0.15) is 0 Å². The molecule has 132 valence electrons. The summed E-state index contributed by atoms with van der Waals surface area (Å²) in [6, 6.07) is 24.2. The summed E-state index contributed by atoms with van der Waals surface area (Å²) in [5.74, 6) is 2.09. The summed E-state index contributed by atoms with van der Waals surface area (Å²) in [7, 11) is 1.61. The van der Waals surface area contributed by atoms with Gasteiger partial charge in [0.25, 0.3) is 0 Å². The van der Waals surface area contributed by atoms with Crippen LogP contribution in [0.3, 0.4) is 0 Å². The van der Waals surface area contributed by atoms with E-state index < -0.39 is 0 Å². The van der Waals surface area contributed by atoms with Crippen LogP contribution in [0.4, 0.5) is 11.4 Å². The number of amides is 1. The fraction of sp³-hybridized carbons (Fsp3) is 0.0952. The number of para-hydroxylation sites is 1. The molecule has 0 fully saturated rings. The topological polar surface area (TPSA) is 59.6 Å². The Morgan fingerprint density at radius 1 is 0.808 bits per heavy atom. The first kappa shape index (κ1) is 17.4. The highest BCUT2D eigenvalue weighted by atomic mass is 16.5. The SMILES string of the molecule is COc1cccc(NCC(=O)Nc2ccc(Oc3ccccc3)cc2)c1. The molecule has 3 rings (SSSR count). The van der Waals surface area contributed by atoms with E-state index in [-0.39, 0.29) is 12.5 Å². The molecule has 0 saturated heterocycles. The Morgan fingerprint density at radius 3 is 2.23 bits per heavy atom. The Kier molecular flexibility index (Phi) is 5.72. The first-order valence-corrected chi connectivity index (χ1v) is 8.24. The van der Waals surface area contributed by atoms with Crippen LogP contribution in [0.5, 0.6) is 17.2 Å². The van der Waals surface area contributed by atoms with Gasteiger partial charge in [0, 0.05) is 17.4 Å². The molecular weight excluding hydrogens is 328 g/mol. The van der Waals surface area contributed by atoms with Crippen LogP contribution in [-0.2, 0) is 4.79 Å². The fourth-order valence-electron chi connectivity index (χ4n) is 2.35. The van der Waals surface area contributed by atoms with Gasteiger partial charge in [-0.3, -0.25) is 4.79 Å². The lowest BCUT2D eigenvalue weighted by Gasteiger charge is -2.10. The molecule has 3 aromatic rings. The lowest BCUT2D eigenvalue weighted by molar-refractivity contribution is -0.114. The molecule has 0 aliphatic heterocycles. The third kappa shape index (κ3) is 5.01. The average Bonchev–Trinajstić information content (AvgIpc) is 2.69. The third-order valence-electron chi connectivity index (χ3n) is 3.64. The molecule has 0 heterocycles. The van der Waals surface area contributed by atoms with Gasteiger partial charge in [-0.25, -0.2) is 0 Å². The second kappa shape index (κ2) is 8.58. The molecule has 0 aliphatic carbocycles. The Balaban J connectivity index is 1.51. The van der Waals surface area contributed by atoms with Gasteiger partial charge in [0.2, 0.25) is 5.91 Å². The summed E-state index contributed by atoms with van der Waals surface area (Å²) < 4.78 is 10.9. The van der Waals surface area contributed by atoms with Crippen molar-refractivity contribution < 1.29 is 14.3 Å². The molecule has 0 unspecified atom stereocenters. The molecule has 3 aromatic carbocycles. The Labute approximate surface area is 152 Å². The van der Waals surface area contributed by atoms with Crippen LogP contribution in [0.2, 0.25) is 0 Å². The van der Waals surface area contributed by atoms with Crippen LogP contribution < -0.4 is 20.1 Å². The van der Waals surface area contributed by atoms with Gasteiger partial charge in [0.15, 0.2) is 0 Å². The van der Waals surface area contributed by atoms with Crippen molar-refractivity contribution in [3.63, 3.8) is 0 Å². The highest BCUT2D eigenvalue weighted by molar-refractivity contribution is 5.93. The van der Waals surface area contributed by atoms with E-state index in [1.54, 1.807) is 7.11 Å². The molecule has 0 atom stereocenters. The molecule has 0 radical (unpaired) electrons. The maximum atomic E-state index is 12.1. The van der Waals surface area contributed by atoms with Gasteiger partial charge in [-0.15, -0.1) is 0 Å². The predicted octanol–water partition coefficient (Wildman–Crippen LogP) is 4.54. The highest BCUT2D eigenvalue weighted by Crippen LogP contribution is 2.22. The van der Waals surface area contributed by atoms with Crippen molar-refractivity contribution >= 4 is 17.3 Å². The quantitative estimate of drug-likeness (QED) is 0.658. The number of carbonyl (C=O) groups is 1. The molecule has 0 spiro atoms. The Morgan fingerprint density at radius 2 is 1.50 bits per heavy atom. The molecule has 5 heteroatoms. The summed E-state index contributed by atoms with van der Waals surface area (Å²) in [4.78, 5) is 12.1. The first-order valence-electron chi connectivity index (χ1n) is 8.24. The average molecular weight is 348 g/mol. The van der Waals surface area contributed by atoms with Gasteiger partial charge in [-0.05, 0) is 48.5 Å². The van der Waals surface area contributed by atoms with Crippen molar-refractivity contribution in [2.45, 2.75) is 0 Å². The largest absolute Gasteiger partial charge is 0.497 e. The summed E-state index contributed by atoms with van der Waals surface area (Å²) in [5, 5.41) is 5.91. The van der Waals surface area contributed by atoms with E-state index in [4.69, 9.17) is 9.47 Å². The summed E-state index contributed by atoms with van der Waals surface area (Å²) >= 11 is 0. The van der Waals surface area contributed by atoms with Gasteiger partial charge >= 0.3 is 0 Å². The van der Waals surface area contributed by atoms with E-state index in [0.29, 0.717) is 11.4 Å². The molecule has 0 saturated carbocycles. The molecular formula is C21H20N2O3. The van der Waals surface area contributed by atoms with E-state index >= 15 is 0 Å². The van der Waals surface area contributed by atoms with Crippen molar-refractivity contribution in [3.8, 4) is 17.2 Å². The van der Waals surface area contributed by atoms with E-state index in [1.165, 1.54) is 0 Å². The number of methoxy groups -OCH3 is 1. The zero-order valence-corrected chi connectivity index (χ0v) is 14.4. The zero-order valence-electron chi connectivity index (χ0n) is 14.4. The second-order valence-corrected chi connectivity index (χ2v) is 5.57. The van der Waals surface area contributed by atoms with Crippen LogP contribution in [0.15, 0.2) is 78.9 Å². The van der Waals surface area contributed by atoms with Gasteiger partial charge in [0.1, 0.15) is 17.2 Å². The van der Waals surface area contributed by atoms with Crippen LogP contribution in [-0.4, -0.2) is 19.6 Å². The summed E-state index contributed by atoms with van der Waals surface area (Å²) in [6.07, 6.45) is 0. The Bertz CT molecular complexity index is 849. The predicted molar refractivity (Wildman–Crippen MR) is 103 cm³/mol. The minimum absolute atomic E-state index is 0.135. The molecule has 2 N–H and O–H groups in total. The minimum Gasteiger partial charge on any atom is -0.497 e. The molecule has 5 nitrogen and oxygen atoms in total. The molecule has 0 aliphatic rings. The number of hydrogen-bond acceptors (Lipinski definition) is 4. The smallest absolute Gasteiger partial charge is 0.243 e. The van der Waals surface area contributed by atoms with E-state index in [1.807, 2.05) is 78.9 Å². The summed E-state index contributed by atoms with van der Waals surface area (Å²) in [6.45, 7) is 0.162. The number of anilines is 2. The number of ether oxygens (including phenoxy) is 2. The molecule has 26 heavy (non-hydrogen) atoms. The number of rotatable bonds is 7. The maximum Gasteiger partial charge on any atom is 0.243 e. The van der Waals surface area contributed by atoms with Crippen LogP contribution in [0, 0.1) is 0 Å². The summed E-state index contributed by atoms with van der Waals surface area (Å²) in [5.41, 5.74) is 1.54. The number of carbonyl (C=O) groups excluding carboxylic acids is 1. The maximum absolute atomic E-state index is 12.1. The van der Waals surface area contributed by atoms with Crippen LogP contribution >= 0.6 is 0 Å². The van der Waals surface area contributed by atoms with E-state index in [9.17, 15) is 4.79 Å². The second-order valence-electron chi connectivity index (χ2n) is 5.57. The minimum atomic E-state index is -0.135. The normalized spacial score (nSPS) is 10.0. The number of hydrogen-bond donors (Lipinski definition) is 2. The number of benzene rings is 3.